The minimum atomic E-state index is -0.248. The lowest BCUT2D eigenvalue weighted by Crippen LogP contribution is -2.29. The van der Waals surface area contributed by atoms with Gasteiger partial charge in [0.2, 0.25) is 0 Å². The van der Waals surface area contributed by atoms with E-state index in [4.69, 9.17) is 0 Å². The van der Waals surface area contributed by atoms with Crippen LogP contribution in [0.15, 0.2) is 73.3 Å². The van der Waals surface area contributed by atoms with Crippen LogP contribution in [0.3, 0.4) is 0 Å². The first kappa shape index (κ1) is 22.7. The van der Waals surface area contributed by atoms with Gasteiger partial charge in [0, 0.05) is 5.41 Å². The van der Waals surface area contributed by atoms with Crippen molar-refractivity contribution in [1.29, 1.82) is 0 Å². The van der Waals surface area contributed by atoms with Gasteiger partial charge in [-0.2, -0.15) is 0 Å². The lowest BCUT2D eigenvalue weighted by atomic mass is 9.65. The fourth-order valence-corrected chi connectivity index (χ4v) is 4.52. The van der Waals surface area contributed by atoms with Crippen LogP contribution >= 0.6 is 0 Å². The summed E-state index contributed by atoms with van der Waals surface area (Å²) in [5.41, 5.74) is 9.71. The summed E-state index contributed by atoms with van der Waals surface area (Å²) in [6, 6.07) is 15.2. The molecular formula is C29H36. The van der Waals surface area contributed by atoms with Crippen LogP contribution in [0.4, 0.5) is 0 Å². The predicted molar refractivity (Wildman–Crippen MR) is 132 cm³/mol. The molecule has 152 valence electrons. The Bertz CT molecular complexity index is 921. The van der Waals surface area contributed by atoms with E-state index in [0.29, 0.717) is 0 Å². The molecule has 0 aromatic heterocycles. The number of aryl methyl sites for hydroxylation is 1. The number of allylic oxidation sites excluding steroid dienone is 3. The number of fused-ring (bicyclic) bond motifs is 1. The highest BCUT2D eigenvalue weighted by Crippen LogP contribution is 2.55. The van der Waals surface area contributed by atoms with Crippen LogP contribution in [-0.4, -0.2) is 0 Å². The van der Waals surface area contributed by atoms with E-state index in [1.165, 1.54) is 39.0 Å². The lowest BCUT2D eigenvalue weighted by molar-refractivity contribution is 0.634. The lowest BCUT2D eigenvalue weighted by Gasteiger charge is -2.37. The number of hydrogen-bond donors (Lipinski definition) is 0. The first-order valence-corrected chi connectivity index (χ1v) is 10.9. The van der Waals surface area contributed by atoms with Crippen LogP contribution in [0.25, 0.3) is 17.7 Å². The van der Waals surface area contributed by atoms with Gasteiger partial charge in [0.25, 0.3) is 0 Å². The largest absolute Gasteiger partial charge is 0.0985 e. The molecule has 0 nitrogen and oxygen atoms in total. The van der Waals surface area contributed by atoms with Gasteiger partial charge >= 0.3 is 0 Å². The molecule has 0 bridgehead atoms. The standard InChI is InChI=1S/C27H30.C2H6/c1-7-11-20(5)25-18-24-13-10-12-22(8-2)26(24)27(25,9-3)21(6)23-16-14-19(4)15-17-23;1-2/h8,10,12-18H,2,5-7,9,11H2,1,3-4H3;1-2H3. The van der Waals surface area contributed by atoms with Gasteiger partial charge < -0.3 is 0 Å². The van der Waals surface area contributed by atoms with E-state index in [2.05, 4.69) is 89.0 Å². The van der Waals surface area contributed by atoms with E-state index in [1.807, 2.05) is 19.9 Å². The summed E-state index contributed by atoms with van der Waals surface area (Å²) in [7, 11) is 0. The number of benzene rings is 2. The monoisotopic (exact) mass is 384 g/mol. The van der Waals surface area contributed by atoms with Gasteiger partial charge in [0.05, 0.1) is 0 Å². The van der Waals surface area contributed by atoms with Crippen LogP contribution < -0.4 is 0 Å². The Morgan fingerprint density at radius 3 is 2.21 bits per heavy atom. The van der Waals surface area contributed by atoms with Crippen molar-refractivity contribution >= 4 is 17.7 Å². The molecular weight excluding hydrogens is 348 g/mol. The van der Waals surface area contributed by atoms with Crippen molar-refractivity contribution in [3.63, 3.8) is 0 Å². The predicted octanol–water partition coefficient (Wildman–Crippen LogP) is 8.78. The van der Waals surface area contributed by atoms with E-state index >= 15 is 0 Å². The summed E-state index contributed by atoms with van der Waals surface area (Å²) in [4.78, 5) is 0. The molecule has 0 saturated heterocycles. The molecule has 0 amide bonds. The molecule has 1 aliphatic rings. The van der Waals surface area contributed by atoms with Crippen molar-refractivity contribution < 1.29 is 0 Å². The smallest absolute Gasteiger partial charge is 0.0463 e. The maximum atomic E-state index is 4.63. The van der Waals surface area contributed by atoms with Gasteiger partial charge in [-0.15, -0.1) is 0 Å². The molecule has 0 N–H and O–H groups in total. The Labute approximate surface area is 178 Å². The third kappa shape index (κ3) is 3.94. The molecule has 0 aliphatic heterocycles. The summed E-state index contributed by atoms with van der Waals surface area (Å²) in [6.45, 7) is 23.8. The van der Waals surface area contributed by atoms with E-state index in [-0.39, 0.29) is 5.41 Å². The van der Waals surface area contributed by atoms with Gasteiger partial charge in [0.1, 0.15) is 0 Å². The Morgan fingerprint density at radius 1 is 1.00 bits per heavy atom. The molecule has 29 heavy (non-hydrogen) atoms. The zero-order valence-corrected chi connectivity index (χ0v) is 18.9. The number of hydrogen-bond acceptors (Lipinski definition) is 0. The minimum Gasteiger partial charge on any atom is -0.0985 e. The third-order valence-electron chi connectivity index (χ3n) is 5.91. The van der Waals surface area contributed by atoms with Crippen LogP contribution in [0.2, 0.25) is 0 Å². The second-order valence-corrected chi connectivity index (χ2v) is 7.53. The highest BCUT2D eigenvalue weighted by molar-refractivity contribution is 5.90. The molecule has 2 aromatic carbocycles. The average Bonchev–Trinajstić information content (AvgIpc) is 3.11. The Morgan fingerprint density at radius 2 is 1.66 bits per heavy atom. The van der Waals surface area contributed by atoms with Crippen molar-refractivity contribution in [3.8, 4) is 0 Å². The second kappa shape index (κ2) is 9.74. The average molecular weight is 385 g/mol. The molecule has 1 aliphatic carbocycles. The Hall–Kier alpha value is -2.60. The molecule has 0 saturated carbocycles. The van der Waals surface area contributed by atoms with E-state index < -0.39 is 0 Å². The molecule has 3 rings (SSSR count). The molecule has 0 radical (unpaired) electrons. The van der Waals surface area contributed by atoms with Gasteiger partial charge in [0.15, 0.2) is 0 Å². The summed E-state index contributed by atoms with van der Waals surface area (Å²) in [5.74, 6) is 0. The maximum absolute atomic E-state index is 4.63. The Balaban J connectivity index is 0.00000145. The van der Waals surface area contributed by atoms with Gasteiger partial charge in [-0.3, -0.25) is 0 Å². The summed E-state index contributed by atoms with van der Waals surface area (Å²) in [5, 5.41) is 0. The Kier molecular flexibility index (Phi) is 7.62. The molecule has 0 heteroatoms. The summed E-state index contributed by atoms with van der Waals surface area (Å²) < 4.78 is 0. The molecule has 0 fully saturated rings. The van der Waals surface area contributed by atoms with Crippen molar-refractivity contribution in [2.75, 3.05) is 0 Å². The highest BCUT2D eigenvalue weighted by atomic mass is 14.5. The zero-order valence-electron chi connectivity index (χ0n) is 18.9. The van der Waals surface area contributed by atoms with Crippen molar-refractivity contribution in [3.05, 3.63) is 101 Å². The second-order valence-electron chi connectivity index (χ2n) is 7.53. The van der Waals surface area contributed by atoms with Crippen molar-refractivity contribution in [2.24, 2.45) is 0 Å². The van der Waals surface area contributed by atoms with Crippen LogP contribution in [-0.2, 0) is 5.41 Å². The fourth-order valence-electron chi connectivity index (χ4n) is 4.52. The SMILES string of the molecule is C=Cc1cccc2c1C(CC)(C(=C)c1ccc(C)cc1)C(C(=C)CCC)=C2.CC. The van der Waals surface area contributed by atoms with Crippen LogP contribution in [0, 0.1) is 6.92 Å². The highest BCUT2D eigenvalue weighted by Gasteiger charge is 2.44. The topological polar surface area (TPSA) is 0 Å². The number of rotatable bonds is 7. The third-order valence-corrected chi connectivity index (χ3v) is 5.91. The van der Waals surface area contributed by atoms with Crippen molar-refractivity contribution in [1.82, 2.24) is 0 Å². The normalized spacial score (nSPS) is 16.9. The van der Waals surface area contributed by atoms with E-state index in [9.17, 15) is 0 Å². The minimum absolute atomic E-state index is 0.248. The van der Waals surface area contributed by atoms with Gasteiger partial charge in [-0.25, -0.2) is 0 Å². The van der Waals surface area contributed by atoms with E-state index in [1.54, 1.807) is 0 Å². The molecule has 2 aromatic rings. The quantitative estimate of drug-likeness (QED) is 0.447. The maximum Gasteiger partial charge on any atom is 0.0463 e. The summed E-state index contributed by atoms with van der Waals surface area (Å²) in [6.07, 6.45) is 7.37. The van der Waals surface area contributed by atoms with Gasteiger partial charge in [-0.05, 0) is 59.2 Å². The summed E-state index contributed by atoms with van der Waals surface area (Å²) >= 11 is 0. The van der Waals surface area contributed by atoms with E-state index in [0.717, 1.165) is 24.8 Å². The van der Waals surface area contributed by atoms with Gasteiger partial charge in [-0.1, -0.05) is 114 Å². The fraction of sp³-hybridized carbons (Fsp3) is 0.310. The first-order chi connectivity index (χ1) is 14.0. The molecule has 1 atom stereocenters. The molecule has 1 unspecified atom stereocenters. The van der Waals surface area contributed by atoms with Crippen LogP contribution in [0.5, 0.6) is 0 Å². The molecule has 0 heterocycles. The molecule has 0 spiro atoms. The van der Waals surface area contributed by atoms with Crippen molar-refractivity contribution in [2.45, 2.75) is 59.3 Å². The van der Waals surface area contributed by atoms with Crippen LogP contribution in [0.1, 0.15) is 74.8 Å². The first-order valence-electron chi connectivity index (χ1n) is 10.9. The zero-order chi connectivity index (χ0) is 21.6.